The Hall–Kier alpha value is -3.60. The van der Waals surface area contributed by atoms with Crippen molar-refractivity contribution < 1.29 is 32.2 Å². The first-order valence-electron chi connectivity index (χ1n) is 8.59. The van der Waals surface area contributed by atoms with Crippen molar-refractivity contribution in [1.29, 1.82) is 0 Å². The first kappa shape index (κ1) is 22.1. The molecule has 2 aromatic carbocycles. The van der Waals surface area contributed by atoms with Gasteiger partial charge in [-0.3, -0.25) is 10.1 Å². The third-order valence-corrected chi connectivity index (χ3v) is 4.69. The fourth-order valence-electron chi connectivity index (χ4n) is 2.40. The van der Waals surface area contributed by atoms with Crippen molar-refractivity contribution in [2.45, 2.75) is 6.36 Å². The number of thioether (sulfide) groups is 1. The number of nitrogens with zero attached hydrogens (tertiary/aromatic N) is 2. The van der Waals surface area contributed by atoms with Gasteiger partial charge in [-0.15, -0.1) is 18.3 Å². The molecule has 0 bridgehead atoms. The minimum absolute atomic E-state index is 0.150. The largest absolute Gasteiger partial charge is 0.573 e. The highest BCUT2D eigenvalue weighted by Crippen LogP contribution is 2.27. The lowest BCUT2D eigenvalue weighted by atomic mass is 10.0. The second kappa shape index (κ2) is 9.47. The number of amides is 1. The summed E-state index contributed by atoms with van der Waals surface area (Å²) in [4.78, 5) is 23.1. The standard InChI is InChI=1S/C20H14F3N3O4S/c1-29-17(27)10-16-18(28)25-19(31-16)26-24-11-12-2-4-13(5-3-12)14-6-8-15(9-7-14)30-20(21,22)23/h2-11H,1H3,(H,25,26,28)/b16-10+,24-11?. The number of methoxy groups -OCH3 is 1. The minimum Gasteiger partial charge on any atom is -0.466 e. The van der Waals surface area contributed by atoms with E-state index in [9.17, 15) is 22.8 Å². The second-order valence-corrected chi connectivity index (χ2v) is 6.96. The molecular formula is C20H14F3N3O4S. The number of halogens is 3. The van der Waals surface area contributed by atoms with Gasteiger partial charge in [0, 0.05) is 6.08 Å². The number of alkyl halides is 3. The molecule has 31 heavy (non-hydrogen) atoms. The Morgan fingerprint density at radius 2 is 1.68 bits per heavy atom. The molecule has 0 aromatic heterocycles. The molecule has 1 aliphatic heterocycles. The Labute approximate surface area is 178 Å². The van der Waals surface area contributed by atoms with Gasteiger partial charge in [0.1, 0.15) is 5.75 Å². The van der Waals surface area contributed by atoms with E-state index in [2.05, 4.69) is 25.0 Å². The van der Waals surface area contributed by atoms with Gasteiger partial charge in [-0.1, -0.05) is 36.4 Å². The molecule has 0 aliphatic carbocycles. The monoisotopic (exact) mass is 449 g/mol. The number of hydrogen-bond donors (Lipinski definition) is 1. The van der Waals surface area contributed by atoms with Gasteiger partial charge in [-0.2, -0.15) is 5.10 Å². The maximum absolute atomic E-state index is 12.2. The molecule has 2 aromatic rings. The topological polar surface area (TPSA) is 89.3 Å². The molecule has 160 valence electrons. The molecule has 11 heteroatoms. The summed E-state index contributed by atoms with van der Waals surface area (Å²) in [7, 11) is 1.21. The average molecular weight is 449 g/mol. The molecule has 1 saturated heterocycles. The SMILES string of the molecule is COC(=O)/C=C1/S/C(=N\N=Cc2ccc(-c3ccc(OC(F)(F)F)cc3)cc2)NC1=O. The zero-order valence-electron chi connectivity index (χ0n) is 15.8. The number of ether oxygens (including phenoxy) is 2. The Bertz CT molecular complexity index is 1060. The highest BCUT2D eigenvalue weighted by molar-refractivity contribution is 8.18. The number of carbonyl (C=O) groups is 2. The summed E-state index contributed by atoms with van der Waals surface area (Å²) in [5.74, 6) is -1.41. The molecule has 1 heterocycles. The van der Waals surface area contributed by atoms with Crippen molar-refractivity contribution >= 4 is 35.0 Å². The Morgan fingerprint density at radius 1 is 1.06 bits per heavy atom. The van der Waals surface area contributed by atoms with Crippen LogP contribution in [0.3, 0.4) is 0 Å². The van der Waals surface area contributed by atoms with Crippen molar-refractivity contribution in [2.75, 3.05) is 7.11 Å². The van der Waals surface area contributed by atoms with E-state index in [-0.39, 0.29) is 15.8 Å². The molecule has 1 amide bonds. The number of nitrogens with one attached hydrogen (secondary N) is 1. The Morgan fingerprint density at radius 3 is 2.26 bits per heavy atom. The van der Waals surface area contributed by atoms with Crippen molar-refractivity contribution in [3.63, 3.8) is 0 Å². The summed E-state index contributed by atoms with van der Waals surface area (Å²) in [6.07, 6.45) is -2.20. The number of amidine groups is 1. The van der Waals surface area contributed by atoms with Crippen LogP contribution >= 0.6 is 11.8 Å². The van der Waals surface area contributed by atoms with E-state index in [1.807, 2.05) is 0 Å². The van der Waals surface area contributed by atoms with E-state index in [4.69, 9.17) is 0 Å². The summed E-state index contributed by atoms with van der Waals surface area (Å²) in [6, 6.07) is 12.6. The van der Waals surface area contributed by atoms with Gasteiger partial charge in [0.05, 0.1) is 18.2 Å². The van der Waals surface area contributed by atoms with Crippen LogP contribution in [0.4, 0.5) is 13.2 Å². The summed E-state index contributed by atoms with van der Waals surface area (Å²) >= 11 is 0.957. The van der Waals surface area contributed by atoms with Crippen LogP contribution in [0, 0.1) is 0 Å². The van der Waals surface area contributed by atoms with Crippen LogP contribution in [-0.2, 0) is 14.3 Å². The fraction of sp³-hybridized carbons (Fsp3) is 0.100. The van der Waals surface area contributed by atoms with E-state index in [1.165, 1.54) is 37.6 Å². The van der Waals surface area contributed by atoms with Gasteiger partial charge in [0.25, 0.3) is 5.91 Å². The summed E-state index contributed by atoms with van der Waals surface area (Å²) in [6.45, 7) is 0. The quantitative estimate of drug-likeness (QED) is 0.324. The van der Waals surface area contributed by atoms with E-state index in [0.717, 1.165) is 23.4 Å². The number of esters is 1. The molecule has 1 aliphatic rings. The van der Waals surface area contributed by atoms with Crippen LogP contribution in [0.2, 0.25) is 0 Å². The fourth-order valence-corrected chi connectivity index (χ4v) is 3.14. The van der Waals surface area contributed by atoms with Crippen LogP contribution in [0.1, 0.15) is 5.56 Å². The molecule has 3 rings (SSSR count). The summed E-state index contributed by atoms with van der Waals surface area (Å²) < 4.78 is 45.0. The third kappa shape index (κ3) is 6.44. The number of carbonyl (C=O) groups excluding carboxylic acids is 2. The van der Waals surface area contributed by atoms with Crippen LogP contribution < -0.4 is 10.1 Å². The lowest BCUT2D eigenvalue weighted by molar-refractivity contribution is -0.274. The molecule has 0 radical (unpaired) electrons. The highest BCUT2D eigenvalue weighted by Gasteiger charge is 2.31. The molecule has 1 fully saturated rings. The van der Waals surface area contributed by atoms with Gasteiger partial charge in [-0.05, 0) is 40.6 Å². The van der Waals surface area contributed by atoms with Gasteiger partial charge in [0.15, 0.2) is 5.17 Å². The van der Waals surface area contributed by atoms with E-state index in [1.54, 1.807) is 24.3 Å². The Balaban J connectivity index is 1.63. The first-order valence-corrected chi connectivity index (χ1v) is 9.41. The van der Waals surface area contributed by atoms with E-state index >= 15 is 0 Å². The highest BCUT2D eigenvalue weighted by atomic mass is 32.2. The molecule has 0 spiro atoms. The van der Waals surface area contributed by atoms with Gasteiger partial charge < -0.3 is 9.47 Å². The zero-order valence-corrected chi connectivity index (χ0v) is 16.7. The van der Waals surface area contributed by atoms with Crippen molar-refractivity contribution in [3.05, 3.63) is 65.1 Å². The van der Waals surface area contributed by atoms with Gasteiger partial charge >= 0.3 is 12.3 Å². The average Bonchev–Trinajstić information content (AvgIpc) is 3.07. The number of hydrogen-bond acceptors (Lipinski definition) is 7. The van der Waals surface area contributed by atoms with Crippen LogP contribution in [-0.4, -0.2) is 36.7 Å². The van der Waals surface area contributed by atoms with Gasteiger partial charge in [0.2, 0.25) is 0 Å². The van der Waals surface area contributed by atoms with E-state index < -0.39 is 18.2 Å². The maximum Gasteiger partial charge on any atom is 0.573 e. The van der Waals surface area contributed by atoms with Crippen LogP contribution in [0.25, 0.3) is 11.1 Å². The predicted octanol–water partition coefficient (Wildman–Crippen LogP) is 3.86. The normalized spacial score (nSPS) is 16.7. The molecule has 0 unspecified atom stereocenters. The van der Waals surface area contributed by atoms with Crippen molar-refractivity contribution in [1.82, 2.24) is 5.32 Å². The van der Waals surface area contributed by atoms with Crippen LogP contribution in [0.15, 0.2) is 69.7 Å². The number of benzene rings is 2. The molecule has 7 nitrogen and oxygen atoms in total. The minimum atomic E-state index is -4.73. The third-order valence-electron chi connectivity index (χ3n) is 3.79. The lowest BCUT2D eigenvalue weighted by Gasteiger charge is -2.09. The lowest BCUT2D eigenvalue weighted by Crippen LogP contribution is -2.19. The van der Waals surface area contributed by atoms with Crippen molar-refractivity contribution in [3.8, 4) is 16.9 Å². The predicted molar refractivity (Wildman–Crippen MR) is 109 cm³/mol. The Kier molecular flexibility index (Phi) is 6.75. The zero-order chi connectivity index (χ0) is 22.4. The van der Waals surface area contributed by atoms with Crippen LogP contribution in [0.5, 0.6) is 5.75 Å². The second-order valence-electron chi connectivity index (χ2n) is 5.93. The van der Waals surface area contributed by atoms with Crippen molar-refractivity contribution in [2.24, 2.45) is 10.2 Å². The maximum atomic E-state index is 12.2. The summed E-state index contributed by atoms with van der Waals surface area (Å²) in [5, 5.41) is 10.5. The smallest absolute Gasteiger partial charge is 0.466 e. The van der Waals surface area contributed by atoms with E-state index in [0.29, 0.717) is 11.1 Å². The first-order chi connectivity index (χ1) is 14.7. The molecular weight excluding hydrogens is 435 g/mol. The molecule has 0 saturated carbocycles. The molecule has 1 N–H and O–H groups in total. The number of rotatable bonds is 5. The molecule has 0 atom stereocenters. The summed E-state index contributed by atoms with van der Waals surface area (Å²) in [5.41, 5.74) is 2.22. The van der Waals surface area contributed by atoms with Gasteiger partial charge in [-0.25, -0.2) is 4.79 Å².